The molecular weight excluding hydrogens is 344 g/mol. The van der Waals surface area contributed by atoms with Gasteiger partial charge in [0.05, 0.1) is 5.56 Å². The molecule has 26 heavy (non-hydrogen) atoms. The van der Waals surface area contributed by atoms with Crippen LogP contribution in [0.4, 0.5) is 0 Å². The summed E-state index contributed by atoms with van der Waals surface area (Å²) < 4.78 is 2.19. The Bertz CT molecular complexity index is 883. The molecule has 0 spiro atoms. The van der Waals surface area contributed by atoms with E-state index in [1.54, 1.807) is 0 Å². The maximum Gasteiger partial charge on any atom is 0.250 e. The zero-order chi connectivity index (χ0) is 18.5. The number of aryl methyl sites for hydroxylation is 1. The summed E-state index contributed by atoms with van der Waals surface area (Å²) in [4.78, 5) is 11.8. The van der Waals surface area contributed by atoms with E-state index in [2.05, 4.69) is 28.8 Å². The third kappa shape index (κ3) is 4.17. The highest BCUT2D eigenvalue weighted by Gasteiger charge is 2.16. The van der Waals surface area contributed by atoms with Crippen molar-refractivity contribution in [1.29, 1.82) is 0 Å². The Morgan fingerprint density at radius 1 is 1.04 bits per heavy atom. The van der Waals surface area contributed by atoms with Crippen LogP contribution in [0.2, 0.25) is 5.02 Å². The molecule has 0 aliphatic rings. The molecule has 1 aromatic heterocycles. The third-order valence-corrected chi connectivity index (χ3v) is 4.96. The molecule has 0 radical (unpaired) electrons. The highest BCUT2D eigenvalue weighted by Crippen LogP contribution is 2.27. The van der Waals surface area contributed by atoms with Gasteiger partial charge in [0.1, 0.15) is 0 Å². The van der Waals surface area contributed by atoms with Crippen LogP contribution in [0.25, 0.3) is 11.3 Å². The number of hydrogen-bond donors (Lipinski definition) is 1. The molecule has 2 aromatic carbocycles. The molecule has 1 heterocycles. The molecule has 1 amide bonds. The molecule has 0 fully saturated rings. The average Bonchev–Trinajstić information content (AvgIpc) is 2.97. The molecule has 0 unspecified atom stereocenters. The van der Waals surface area contributed by atoms with E-state index in [4.69, 9.17) is 17.3 Å². The van der Waals surface area contributed by atoms with Crippen molar-refractivity contribution in [3.63, 3.8) is 0 Å². The summed E-state index contributed by atoms with van der Waals surface area (Å²) in [6, 6.07) is 20.1. The summed E-state index contributed by atoms with van der Waals surface area (Å²) in [5.74, 6) is -0.388. The Morgan fingerprint density at radius 2 is 1.73 bits per heavy atom. The van der Waals surface area contributed by atoms with Crippen LogP contribution in [0, 0.1) is 6.92 Å². The van der Waals surface area contributed by atoms with Crippen LogP contribution in [-0.2, 0) is 13.0 Å². The fraction of sp³-hybridized carbons (Fsp3) is 0.227. The Hall–Kier alpha value is -2.52. The van der Waals surface area contributed by atoms with Crippen LogP contribution >= 0.6 is 11.6 Å². The van der Waals surface area contributed by atoms with E-state index >= 15 is 0 Å². The van der Waals surface area contributed by atoms with Gasteiger partial charge < -0.3 is 10.3 Å². The summed E-state index contributed by atoms with van der Waals surface area (Å²) in [6.07, 6.45) is 3.18. The van der Waals surface area contributed by atoms with E-state index in [1.165, 1.54) is 5.56 Å². The maximum absolute atomic E-state index is 11.8. The van der Waals surface area contributed by atoms with Crippen LogP contribution in [0.5, 0.6) is 0 Å². The molecule has 134 valence electrons. The first-order chi connectivity index (χ1) is 12.6. The number of nitrogens with zero attached hydrogens (tertiary/aromatic N) is 1. The molecule has 3 aromatic rings. The van der Waals surface area contributed by atoms with Gasteiger partial charge in [-0.1, -0.05) is 54.1 Å². The van der Waals surface area contributed by atoms with Crippen molar-refractivity contribution in [2.45, 2.75) is 32.7 Å². The average molecular weight is 367 g/mol. The van der Waals surface area contributed by atoms with Gasteiger partial charge in [0.25, 0.3) is 5.91 Å². The van der Waals surface area contributed by atoms with Crippen molar-refractivity contribution in [3.05, 3.63) is 82.5 Å². The van der Waals surface area contributed by atoms with Crippen LogP contribution in [0.3, 0.4) is 0 Å². The monoisotopic (exact) mass is 366 g/mol. The van der Waals surface area contributed by atoms with E-state index in [-0.39, 0.29) is 5.91 Å². The van der Waals surface area contributed by atoms with Gasteiger partial charge >= 0.3 is 0 Å². The lowest BCUT2D eigenvalue weighted by Gasteiger charge is -2.12. The molecule has 0 aliphatic heterocycles. The summed E-state index contributed by atoms with van der Waals surface area (Å²) >= 11 is 6.01. The van der Waals surface area contributed by atoms with Gasteiger partial charge in [-0.15, -0.1) is 0 Å². The number of amides is 1. The van der Waals surface area contributed by atoms with E-state index < -0.39 is 0 Å². The van der Waals surface area contributed by atoms with E-state index in [9.17, 15) is 4.79 Å². The number of halogens is 1. The Labute approximate surface area is 159 Å². The Morgan fingerprint density at radius 3 is 2.38 bits per heavy atom. The first-order valence-corrected chi connectivity index (χ1v) is 9.24. The molecule has 3 nitrogen and oxygen atoms in total. The number of benzene rings is 2. The van der Waals surface area contributed by atoms with Crippen molar-refractivity contribution < 1.29 is 4.79 Å². The number of aromatic nitrogens is 1. The smallest absolute Gasteiger partial charge is 0.250 e. The molecule has 0 aliphatic carbocycles. The van der Waals surface area contributed by atoms with Crippen LogP contribution < -0.4 is 5.73 Å². The number of primary amides is 1. The van der Waals surface area contributed by atoms with Crippen LogP contribution in [0.15, 0.2) is 60.7 Å². The molecule has 3 rings (SSSR count). The molecule has 2 N–H and O–H groups in total. The van der Waals surface area contributed by atoms with Gasteiger partial charge in [-0.2, -0.15) is 0 Å². The fourth-order valence-corrected chi connectivity index (χ4v) is 3.41. The van der Waals surface area contributed by atoms with Gasteiger partial charge in [-0.3, -0.25) is 4.79 Å². The molecule has 0 saturated heterocycles. The molecule has 0 saturated carbocycles. The fourth-order valence-electron chi connectivity index (χ4n) is 3.29. The van der Waals surface area contributed by atoms with Gasteiger partial charge in [-0.25, -0.2) is 0 Å². The van der Waals surface area contributed by atoms with Crippen molar-refractivity contribution >= 4 is 17.5 Å². The zero-order valence-electron chi connectivity index (χ0n) is 14.9. The number of carbonyl (C=O) groups excluding carboxylic acids is 1. The first kappa shape index (κ1) is 18.3. The van der Waals surface area contributed by atoms with Gasteiger partial charge in [0.2, 0.25) is 0 Å². The lowest BCUT2D eigenvalue weighted by atomic mass is 10.1. The molecule has 4 heteroatoms. The quantitative estimate of drug-likeness (QED) is 0.571. The van der Waals surface area contributed by atoms with Crippen molar-refractivity contribution in [2.75, 3.05) is 0 Å². The lowest BCUT2D eigenvalue weighted by molar-refractivity contribution is 0.0999. The first-order valence-electron chi connectivity index (χ1n) is 8.86. The second kappa shape index (κ2) is 8.24. The van der Waals surface area contributed by atoms with Crippen molar-refractivity contribution in [3.8, 4) is 11.3 Å². The van der Waals surface area contributed by atoms with Gasteiger partial charge in [-0.05, 0) is 55.5 Å². The van der Waals surface area contributed by atoms with E-state index in [0.717, 1.165) is 42.8 Å². The Balaban J connectivity index is 1.78. The molecule has 0 bridgehead atoms. The number of hydrogen-bond acceptors (Lipinski definition) is 1. The predicted molar refractivity (Wildman–Crippen MR) is 108 cm³/mol. The van der Waals surface area contributed by atoms with Crippen LogP contribution in [0.1, 0.15) is 34.5 Å². The minimum atomic E-state index is -0.388. The summed E-state index contributed by atoms with van der Waals surface area (Å²) in [5, 5.41) is 0.696. The van der Waals surface area contributed by atoms with E-state index in [0.29, 0.717) is 10.6 Å². The van der Waals surface area contributed by atoms with Gasteiger partial charge in [0.15, 0.2) is 0 Å². The molecule has 0 atom stereocenters. The zero-order valence-corrected chi connectivity index (χ0v) is 15.7. The summed E-state index contributed by atoms with van der Waals surface area (Å²) in [6.45, 7) is 2.81. The highest BCUT2D eigenvalue weighted by molar-refractivity contribution is 6.30. The minimum Gasteiger partial charge on any atom is -0.366 e. The number of nitrogens with two attached hydrogens (primary N) is 1. The highest BCUT2D eigenvalue weighted by atomic mass is 35.5. The van der Waals surface area contributed by atoms with E-state index in [1.807, 2.05) is 43.3 Å². The number of carbonyl (C=O) groups is 1. The predicted octanol–water partition coefficient (Wildman–Crippen LogP) is 5.24. The normalized spacial score (nSPS) is 10.8. The number of unbranched alkanes of at least 4 members (excludes halogenated alkanes) is 1. The minimum absolute atomic E-state index is 0.388. The van der Waals surface area contributed by atoms with Crippen LogP contribution in [-0.4, -0.2) is 10.5 Å². The largest absolute Gasteiger partial charge is 0.366 e. The summed E-state index contributed by atoms with van der Waals surface area (Å²) in [7, 11) is 0. The Kier molecular flexibility index (Phi) is 5.79. The second-order valence-corrected chi connectivity index (χ2v) is 6.93. The maximum atomic E-state index is 11.8. The topological polar surface area (TPSA) is 48.0 Å². The van der Waals surface area contributed by atoms with Crippen molar-refractivity contribution in [2.24, 2.45) is 5.73 Å². The van der Waals surface area contributed by atoms with Gasteiger partial charge in [0, 0.05) is 23.0 Å². The third-order valence-electron chi connectivity index (χ3n) is 4.71. The summed E-state index contributed by atoms with van der Waals surface area (Å²) in [5.41, 5.74) is 10.5. The molecular formula is C22H23ClN2O. The lowest BCUT2D eigenvalue weighted by Crippen LogP contribution is -2.12. The standard InChI is InChI=1S/C22H23ClN2O/c1-16-20(22(24)26)15-21(18-10-12-19(23)13-11-18)25(16)14-6-5-9-17-7-3-2-4-8-17/h2-4,7-8,10-13,15H,5-6,9,14H2,1H3,(H2,24,26). The SMILES string of the molecule is Cc1c(C(N)=O)cc(-c2ccc(Cl)cc2)n1CCCCc1ccccc1. The second-order valence-electron chi connectivity index (χ2n) is 6.49. The number of rotatable bonds is 7. The van der Waals surface area contributed by atoms with Crippen molar-refractivity contribution in [1.82, 2.24) is 4.57 Å².